The van der Waals surface area contributed by atoms with E-state index in [4.69, 9.17) is 17.2 Å². The Morgan fingerprint density at radius 3 is 2.44 bits per heavy atom. The SMILES string of the molecule is NC(N)=NC(N)=Nc1cc(F)ccc1OC(F)F. The molecule has 0 saturated heterocycles. The van der Waals surface area contributed by atoms with Crippen molar-refractivity contribution in [2.45, 2.75) is 6.61 Å². The van der Waals surface area contributed by atoms with Gasteiger partial charge in [-0.2, -0.15) is 13.8 Å². The monoisotopic (exact) mass is 261 g/mol. The van der Waals surface area contributed by atoms with Crippen molar-refractivity contribution in [2.75, 3.05) is 0 Å². The summed E-state index contributed by atoms with van der Waals surface area (Å²) in [5.41, 5.74) is 15.1. The molecule has 0 heterocycles. The summed E-state index contributed by atoms with van der Waals surface area (Å²) in [6, 6.07) is 2.78. The van der Waals surface area contributed by atoms with Crippen molar-refractivity contribution in [2.24, 2.45) is 27.2 Å². The summed E-state index contributed by atoms with van der Waals surface area (Å²) in [6.45, 7) is -3.08. The number of benzene rings is 1. The van der Waals surface area contributed by atoms with Gasteiger partial charge in [0.1, 0.15) is 11.5 Å². The van der Waals surface area contributed by atoms with Crippen molar-refractivity contribution < 1.29 is 17.9 Å². The minimum atomic E-state index is -3.08. The van der Waals surface area contributed by atoms with Crippen LogP contribution in [0.25, 0.3) is 0 Å². The van der Waals surface area contributed by atoms with Crippen LogP contribution in [0, 0.1) is 5.82 Å². The molecule has 0 amide bonds. The molecule has 0 aliphatic heterocycles. The van der Waals surface area contributed by atoms with E-state index in [-0.39, 0.29) is 17.4 Å². The predicted octanol–water partition coefficient (Wildman–Crippen LogP) is 0.647. The zero-order valence-corrected chi connectivity index (χ0v) is 8.98. The van der Waals surface area contributed by atoms with E-state index in [1.807, 2.05) is 0 Å². The minimum Gasteiger partial charge on any atom is -0.433 e. The first kappa shape index (κ1) is 13.6. The van der Waals surface area contributed by atoms with E-state index in [1.54, 1.807) is 0 Å². The first-order valence-electron chi connectivity index (χ1n) is 4.56. The molecular weight excluding hydrogens is 251 g/mol. The molecule has 0 saturated carbocycles. The van der Waals surface area contributed by atoms with Gasteiger partial charge >= 0.3 is 6.61 Å². The maximum atomic E-state index is 13.0. The zero-order valence-electron chi connectivity index (χ0n) is 8.98. The van der Waals surface area contributed by atoms with Crippen molar-refractivity contribution in [3.63, 3.8) is 0 Å². The number of nitrogens with two attached hydrogens (primary N) is 3. The van der Waals surface area contributed by atoms with Gasteiger partial charge in [0.15, 0.2) is 11.7 Å². The summed E-state index contributed by atoms with van der Waals surface area (Å²) in [6.07, 6.45) is 0. The van der Waals surface area contributed by atoms with Crippen LogP contribution < -0.4 is 21.9 Å². The lowest BCUT2D eigenvalue weighted by Crippen LogP contribution is -2.26. The Kier molecular flexibility index (Phi) is 4.35. The molecule has 1 aromatic carbocycles. The number of aliphatic imine (C=N–C) groups is 2. The Hall–Kier alpha value is -2.45. The van der Waals surface area contributed by atoms with Gasteiger partial charge in [0.25, 0.3) is 0 Å². The van der Waals surface area contributed by atoms with Gasteiger partial charge in [-0.05, 0) is 12.1 Å². The Balaban J connectivity index is 3.13. The maximum absolute atomic E-state index is 13.0. The van der Waals surface area contributed by atoms with E-state index in [1.165, 1.54) is 0 Å². The Bertz CT molecular complexity index is 485. The Morgan fingerprint density at radius 1 is 1.22 bits per heavy atom. The van der Waals surface area contributed by atoms with Crippen LogP contribution in [0.3, 0.4) is 0 Å². The first-order chi connectivity index (χ1) is 8.38. The summed E-state index contributed by atoms with van der Waals surface area (Å²) in [5, 5.41) is 0. The highest BCUT2D eigenvalue weighted by Gasteiger charge is 2.10. The average molecular weight is 261 g/mol. The molecule has 0 aromatic heterocycles. The molecule has 18 heavy (non-hydrogen) atoms. The smallest absolute Gasteiger partial charge is 0.387 e. The molecule has 6 nitrogen and oxygen atoms in total. The van der Waals surface area contributed by atoms with E-state index in [0.717, 1.165) is 18.2 Å². The van der Waals surface area contributed by atoms with E-state index < -0.39 is 18.4 Å². The van der Waals surface area contributed by atoms with Crippen molar-refractivity contribution in [1.29, 1.82) is 0 Å². The number of alkyl halides is 2. The molecule has 0 fully saturated rings. The van der Waals surface area contributed by atoms with Crippen LogP contribution in [0.1, 0.15) is 0 Å². The standard InChI is InChI=1S/C9H10F3N5O/c10-4-1-2-6(18-7(11)12)5(3-4)16-9(15)17-8(13)14/h1-3,7H,(H6,13,14,15,16,17). The van der Waals surface area contributed by atoms with Crippen LogP contribution in [0.5, 0.6) is 5.75 Å². The molecule has 98 valence electrons. The first-order valence-corrected chi connectivity index (χ1v) is 4.56. The fourth-order valence-electron chi connectivity index (χ4n) is 1.05. The van der Waals surface area contributed by atoms with Gasteiger partial charge in [0, 0.05) is 6.07 Å². The Labute approximate surface area is 99.9 Å². The minimum absolute atomic E-state index is 0.252. The van der Waals surface area contributed by atoms with Crippen LogP contribution in [-0.4, -0.2) is 18.5 Å². The van der Waals surface area contributed by atoms with E-state index in [2.05, 4.69) is 14.7 Å². The molecule has 1 aromatic rings. The third-order valence-electron chi connectivity index (χ3n) is 1.62. The topological polar surface area (TPSA) is 112 Å². The van der Waals surface area contributed by atoms with Gasteiger partial charge in [-0.15, -0.1) is 0 Å². The van der Waals surface area contributed by atoms with Crippen LogP contribution in [-0.2, 0) is 0 Å². The number of rotatable bonds is 3. The number of nitrogens with zero attached hydrogens (tertiary/aromatic N) is 2. The van der Waals surface area contributed by atoms with Gasteiger partial charge in [0.05, 0.1) is 0 Å². The van der Waals surface area contributed by atoms with E-state index in [9.17, 15) is 13.2 Å². The molecule has 0 atom stereocenters. The summed E-state index contributed by atoms with van der Waals surface area (Å²) < 4.78 is 41.3. The molecule has 1 rings (SSSR count). The molecule has 0 bridgehead atoms. The highest BCUT2D eigenvalue weighted by atomic mass is 19.3. The summed E-state index contributed by atoms with van der Waals surface area (Å²) in [7, 11) is 0. The average Bonchev–Trinajstić information content (AvgIpc) is 2.20. The van der Waals surface area contributed by atoms with Crippen molar-refractivity contribution >= 4 is 17.6 Å². The lowest BCUT2D eigenvalue weighted by molar-refractivity contribution is -0.0494. The number of halogens is 3. The van der Waals surface area contributed by atoms with Crippen LogP contribution in [0.15, 0.2) is 28.2 Å². The largest absolute Gasteiger partial charge is 0.433 e. The van der Waals surface area contributed by atoms with Gasteiger partial charge in [-0.3, -0.25) is 0 Å². The van der Waals surface area contributed by atoms with Crippen LogP contribution in [0.2, 0.25) is 0 Å². The summed E-state index contributed by atoms with van der Waals surface area (Å²) >= 11 is 0. The van der Waals surface area contributed by atoms with Crippen LogP contribution >= 0.6 is 0 Å². The lowest BCUT2D eigenvalue weighted by Gasteiger charge is -2.07. The fraction of sp³-hybridized carbons (Fsp3) is 0.111. The Morgan fingerprint density at radius 2 is 1.89 bits per heavy atom. The van der Waals surface area contributed by atoms with Gasteiger partial charge in [0.2, 0.25) is 5.96 Å². The van der Waals surface area contributed by atoms with Crippen molar-refractivity contribution in [3.8, 4) is 5.75 Å². The van der Waals surface area contributed by atoms with Gasteiger partial charge in [-0.25, -0.2) is 9.38 Å². The second-order valence-corrected chi connectivity index (χ2v) is 3.00. The molecule has 9 heteroatoms. The molecule has 0 spiro atoms. The fourth-order valence-corrected chi connectivity index (χ4v) is 1.05. The summed E-state index contributed by atoms with van der Waals surface area (Å²) in [4.78, 5) is 6.92. The summed E-state index contributed by atoms with van der Waals surface area (Å²) in [5.74, 6) is -1.84. The number of hydrogen-bond donors (Lipinski definition) is 3. The molecule has 6 N–H and O–H groups in total. The predicted molar refractivity (Wildman–Crippen MR) is 60.1 cm³/mol. The normalized spacial score (nSPS) is 11.4. The second-order valence-electron chi connectivity index (χ2n) is 3.00. The maximum Gasteiger partial charge on any atom is 0.387 e. The van der Waals surface area contributed by atoms with Crippen LogP contribution in [0.4, 0.5) is 18.9 Å². The van der Waals surface area contributed by atoms with E-state index >= 15 is 0 Å². The highest BCUT2D eigenvalue weighted by Crippen LogP contribution is 2.29. The molecule has 0 aliphatic rings. The second kappa shape index (κ2) is 5.75. The van der Waals surface area contributed by atoms with Crippen molar-refractivity contribution in [3.05, 3.63) is 24.0 Å². The number of ether oxygens (including phenoxy) is 1. The highest BCUT2D eigenvalue weighted by molar-refractivity contribution is 5.93. The lowest BCUT2D eigenvalue weighted by atomic mass is 10.3. The van der Waals surface area contributed by atoms with E-state index in [0.29, 0.717) is 0 Å². The number of guanidine groups is 2. The molecule has 0 aliphatic carbocycles. The van der Waals surface area contributed by atoms with Crippen molar-refractivity contribution in [1.82, 2.24) is 0 Å². The molecule has 0 unspecified atom stereocenters. The molecule has 0 radical (unpaired) electrons. The third kappa shape index (κ3) is 4.20. The zero-order chi connectivity index (χ0) is 13.7. The van der Waals surface area contributed by atoms with Gasteiger partial charge < -0.3 is 21.9 Å². The number of hydrogen-bond acceptors (Lipinski definition) is 2. The molecular formula is C9H10F3N5O. The van der Waals surface area contributed by atoms with Gasteiger partial charge in [-0.1, -0.05) is 0 Å². The third-order valence-corrected chi connectivity index (χ3v) is 1.62. The quantitative estimate of drug-likeness (QED) is 0.547.